The molecule has 1 unspecified atom stereocenters. The van der Waals surface area contributed by atoms with Crippen LogP contribution in [0.3, 0.4) is 0 Å². The minimum atomic E-state index is 0.278. The fraction of sp³-hybridized carbons (Fsp3) is 0.611. The first kappa shape index (κ1) is 16.7. The predicted octanol–water partition coefficient (Wildman–Crippen LogP) is 4.58. The summed E-state index contributed by atoms with van der Waals surface area (Å²) in [6.45, 7) is 10.9. The first-order valence-electron chi connectivity index (χ1n) is 7.36. The van der Waals surface area contributed by atoms with Crippen LogP contribution in [0.2, 0.25) is 0 Å². The van der Waals surface area contributed by atoms with Crippen LogP contribution < -0.4 is 4.74 Å². The van der Waals surface area contributed by atoms with Gasteiger partial charge in [-0.3, -0.25) is 4.79 Å². The van der Waals surface area contributed by atoms with Gasteiger partial charge >= 0.3 is 0 Å². The molecule has 0 saturated heterocycles. The summed E-state index contributed by atoms with van der Waals surface area (Å²) in [6, 6.07) is 6.00. The van der Waals surface area contributed by atoms with Crippen LogP contribution >= 0.6 is 0 Å². The van der Waals surface area contributed by atoms with Crippen LogP contribution in [0.25, 0.3) is 0 Å². The molecule has 0 saturated carbocycles. The Morgan fingerprint density at radius 1 is 1.30 bits per heavy atom. The standard InChI is InChI=1S/C18H28O2/c1-13-7-8-17(20-6)15(9-13)11-16(19)10-14(2)12-18(3,4)5/h7-9,14H,10-12H2,1-6H3. The number of hydrogen-bond donors (Lipinski definition) is 0. The molecule has 0 aliphatic rings. The van der Waals surface area contributed by atoms with Gasteiger partial charge < -0.3 is 4.74 Å². The van der Waals surface area contributed by atoms with Crippen LogP contribution in [0, 0.1) is 18.3 Å². The summed E-state index contributed by atoms with van der Waals surface area (Å²) in [5.74, 6) is 1.54. The second-order valence-corrected chi connectivity index (χ2v) is 7.10. The van der Waals surface area contributed by atoms with E-state index in [4.69, 9.17) is 4.74 Å². The van der Waals surface area contributed by atoms with E-state index in [1.807, 2.05) is 25.1 Å². The first-order valence-corrected chi connectivity index (χ1v) is 7.36. The molecular formula is C18H28O2. The summed E-state index contributed by atoms with van der Waals surface area (Å²) < 4.78 is 5.33. The third-order valence-corrected chi connectivity index (χ3v) is 3.36. The van der Waals surface area contributed by atoms with Crippen molar-refractivity contribution in [1.82, 2.24) is 0 Å². The van der Waals surface area contributed by atoms with E-state index in [2.05, 4.69) is 27.7 Å². The molecule has 2 nitrogen and oxygen atoms in total. The summed E-state index contributed by atoms with van der Waals surface area (Å²) >= 11 is 0. The van der Waals surface area contributed by atoms with E-state index in [-0.39, 0.29) is 5.41 Å². The average Bonchev–Trinajstić information content (AvgIpc) is 2.26. The van der Waals surface area contributed by atoms with Crippen molar-refractivity contribution in [3.63, 3.8) is 0 Å². The third kappa shape index (κ3) is 5.77. The van der Waals surface area contributed by atoms with E-state index in [0.717, 1.165) is 23.3 Å². The van der Waals surface area contributed by atoms with Gasteiger partial charge in [0.1, 0.15) is 11.5 Å². The van der Waals surface area contributed by atoms with Crippen LogP contribution in [0.1, 0.15) is 51.7 Å². The Balaban J connectivity index is 2.65. The van der Waals surface area contributed by atoms with Gasteiger partial charge in [-0.2, -0.15) is 0 Å². The second-order valence-electron chi connectivity index (χ2n) is 7.10. The van der Waals surface area contributed by atoms with E-state index < -0.39 is 0 Å². The summed E-state index contributed by atoms with van der Waals surface area (Å²) in [5, 5.41) is 0. The Labute approximate surface area is 123 Å². The number of carbonyl (C=O) groups excluding carboxylic acids is 1. The van der Waals surface area contributed by atoms with Crippen molar-refractivity contribution in [3.05, 3.63) is 29.3 Å². The zero-order valence-electron chi connectivity index (χ0n) is 13.7. The summed E-state index contributed by atoms with van der Waals surface area (Å²) in [4.78, 5) is 12.2. The molecule has 0 amide bonds. The van der Waals surface area contributed by atoms with Crippen molar-refractivity contribution in [2.45, 2.75) is 53.9 Å². The normalized spacial score (nSPS) is 13.1. The molecule has 2 heteroatoms. The fourth-order valence-electron chi connectivity index (χ4n) is 2.84. The molecule has 0 heterocycles. The van der Waals surface area contributed by atoms with Crippen LogP contribution in [-0.4, -0.2) is 12.9 Å². The molecule has 0 spiro atoms. The molecule has 20 heavy (non-hydrogen) atoms. The molecule has 0 aliphatic heterocycles. The predicted molar refractivity (Wildman–Crippen MR) is 84.3 cm³/mol. The Bertz CT molecular complexity index is 455. The average molecular weight is 276 g/mol. The number of methoxy groups -OCH3 is 1. The van der Waals surface area contributed by atoms with Gasteiger partial charge in [-0.1, -0.05) is 45.4 Å². The zero-order chi connectivity index (χ0) is 15.3. The van der Waals surface area contributed by atoms with Gasteiger partial charge in [-0.25, -0.2) is 0 Å². The molecule has 0 bridgehead atoms. The maximum absolute atomic E-state index is 12.2. The van der Waals surface area contributed by atoms with Crippen molar-refractivity contribution in [2.24, 2.45) is 11.3 Å². The molecule has 1 aromatic rings. The molecule has 0 N–H and O–H groups in total. The van der Waals surface area contributed by atoms with Gasteiger partial charge in [0.2, 0.25) is 0 Å². The molecule has 0 aromatic heterocycles. The molecular weight excluding hydrogens is 248 g/mol. The Hall–Kier alpha value is -1.31. The third-order valence-electron chi connectivity index (χ3n) is 3.36. The number of hydrogen-bond acceptors (Lipinski definition) is 2. The number of rotatable bonds is 6. The summed E-state index contributed by atoms with van der Waals surface area (Å²) in [6.07, 6.45) is 2.19. The molecule has 0 fully saturated rings. The Morgan fingerprint density at radius 2 is 1.95 bits per heavy atom. The number of ketones is 1. The van der Waals surface area contributed by atoms with E-state index >= 15 is 0 Å². The van der Waals surface area contributed by atoms with Crippen LogP contribution in [0.15, 0.2) is 18.2 Å². The van der Waals surface area contributed by atoms with E-state index in [0.29, 0.717) is 24.5 Å². The lowest BCUT2D eigenvalue weighted by atomic mass is 9.83. The molecule has 0 radical (unpaired) electrons. The highest BCUT2D eigenvalue weighted by Gasteiger charge is 2.18. The van der Waals surface area contributed by atoms with Crippen LogP contribution in [0.5, 0.6) is 5.75 Å². The lowest BCUT2D eigenvalue weighted by molar-refractivity contribution is -0.119. The maximum atomic E-state index is 12.2. The van der Waals surface area contributed by atoms with Gasteiger partial charge in [0, 0.05) is 18.4 Å². The van der Waals surface area contributed by atoms with Crippen molar-refractivity contribution >= 4 is 5.78 Å². The number of Topliss-reactive ketones (excluding diaryl/α,β-unsaturated/α-hetero) is 1. The van der Waals surface area contributed by atoms with Crippen molar-refractivity contribution < 1.29 is 9.53 Å². The highest BCUT2D eigenvalue weighted by molar-refractivity contribution is 5.81. The SMILES string of the molecule is COc1ccc(C)cc1CC(=O)CC(C)CC(C)(C)C. The Kier molecular flexibility index (Phi) is 5.79. The monoisotopic (exact) mass is 276 g/mol. The summed E-state index contributed by atoms with van der Waals surface area (Å²) in [7, 11) is 1.65. The lowest BCUT2D eigenvalue weighted by Crippen LogP contribution is -2.15. The highest BCUT2D eigenvalue weighted by Crippen LogP contribution is 2.27. The zero-order valence-corrected chi connectivity index (χ0v) is 13.7. The van der Waals surface area contributed by atoms with E-state index in [9.17, 15) is 4.79 Å². The number of carbonyl (C=O) groups is 1. The fourth-order valence-corrected chi connectivity index (χ4v) is 2.84. The molecule has 1 rings (SSSR count). The molecule has 112 valence electrons. The van der Waals surface area contributed by atoms with Gasteiger partial charge in [0.15, 0.2) is 0 Å². The maximum Gasteiger partial charge on any atom is 0.137 e. The number of ether oxygens (including phenoxy) is 1. The van der Waals surface area contributed by atoms with Gasteiger partial charge in [-0.15, -0.1) is 0 Å². The van der Waals surface area contributed by atoms with Gasteiger partial charge in [0.25, 0.3) is 0 Å². The molecule has 0 aliphatic carbocycles. The minimum absolute atomic E-state index is 0.278. The molecule has 1 atom stereocenters. The van der Waals surface area contributed by atoms with Crippen LogP contribution in [-0.2, 0) is 11.2 Å². The van der Waals surface area contributed by atoms with E-state index in [1.54, 1.807) is 7.11 Å². The smallest absolute Gasteiger partial charge is 0.137 e. The minimum Gasteiger partial charge on any atom is -0.496 e. The first-order chi connectivity index (χ1) is 9.21. The van der Waals surface area contributed by atoms with Crippen LogP contribution in [0.4, 0.5) is 0 Å². The second kappa shape index (κ2) is 6.92. The topological polar surface area (TPSA) is 26.3 Å². The number of aryl methyl sites for hydroxylation is 1. The van der Waals surface area contributed by atoms with Gasteiger partial charge in [-0.05, 0) is 30.7 Å². The van der Waals surface area contributed by atoms with E-state index in [1.165, 1.54) is 0 Å². The van der Waals surface area contributed by atoms with Crippen molar-refractivity contribution in [1.29, 1.82) is 0 Å². The van der Waals surface area contributed by atoms with Crippen molar-refractivity contribution in [2.75, 3.05) is 7.11 Å². The molecule has 1 aromatic carbocycles. The quantitative estimate of drug-likeness (QED) is 0.760. The largest absolute Gasteiger partial charge is 0.496 e. The van der Waals surface area contributed by atoms with Crippen molar-refractivity contribution in [3.8, 4) is 5.75 Å². The number of benzene rings is 1. The lowest BCUT2D eigenvalue weighted by Gasteiger charge is -2.22. The highest BCUT2D eigenvalue weighted by atomic mass is 16.5. The van der Waals surface area contributed by atoms with Gasteiger partial charge in [0.05, 0.1) is 7.11 Å². The summed E-state index contributed by atoms with van der Waals surface area (Å²) in [5.41, 5.74) is 2.44. The Morgan fingerprint density at radius 3 is 2.50 bits per heavy atom.